The SMILES string of the molecule is O=C(Nc1cccc(OC(F)F)c1)c1ccc2c(=O)[nH]nc(Cl)c2c1. The molecule has 0 unspecified atom stereocenters. The van der Waals surface area contributed by atoms with E-state index in [1.165, 1.54) is 42.5 Å². The van der Waals surface area contributed by atoms with Gasteiger partial charge in [0.2, 0.25) is 0 Å². The van der Waals surface area contributed by atoms with E-state index in [9.17, 15) is 18.4 Å². The zero-order valence-corrected chi connectivity index (χ0v) is 13.2. The molecule has 128 valence electrons. The summed E-state index contributed by atoms with van der Waals surface area (Å²) in [6.07, 6.45) is 0. The van der Waals surface area contributed by atoms with Gasteiger partial charge in [0, 0.05) is 22.7 Å². The summed E-state index contributed by atoms with van der Waals surface area (Å²) in [6.45, 7) is -2.96. The van der Waals surface area contributed by atoms with Gasteiger partial charge in [-0.3, -0.25) is 9.59 Å². The highest BCUT2D eigenvalue weighted by molar-refractivity contribution is 6.34. The maximum Gasteiger partial charge on any atom is 0.387 e. The zero-order chi connectivity index (χ0) is 18.0. The van der Waals surface area contributed by atoms with Crippen LogP contribution in [0.3, 0.4) is 0 Å². The number of rotatable bonds is 4. The summed E-state index contributed by atoms with van der Waals surface area (Å²) < 4.78 is 28.8. The van der Waals surface area contributed by atoms with Crippen LogP contribution in [0, 0.1) is 0 Å². The molecule has 0 saturated heterocycles. The van der Waals surface area contributed by atoms with Crippen molar-refractivity contribution in [1.29, 1.82) is 0 Å². The van der Waals surface area contributed by atoms with Crippen molar-refractivity contribution in [2.24, 2.45) is 0 Å². The van der Waals surface area contributed by atoms with Gasteiger partial charge in [-0.1, -0.05) is 17.7 Å². The standard InChI is InChI=1S/C16H10ClF2N3O3/c17-13-12-6-8(4-5-11(12)15(24)22-21-13)14(23)20-9-2-1-3-10(7-9)25-16(18)19/h1-7,16H,(H,20,23)(H,22,24). The number of halogens is 3. The number of ether oxygens (including phenoxy) is 1. The molecule has 1 amide bonds. The maximum atomic E-state index is 12.3. The third-order valence-electron chi connectivity index (χ3n) is 3.32. The molecule has 1 heterocycles. The molecule has 3 aromatic rings. The predicted octanol–water partition coefficient (Wildman–Crippen LogP) is 3.43. The number of hydrogen-bond donors (Lipinski definition) is 2. The second kappa shape index (κ2) is 6.86. The van der Waals surface area contributed by atoms with Crippen molar-refractivity contribution >= 4 is 34.0 Å². The number of carbonyl (C=O) groups excluding carboxylic acids is 1. The lowest BCUT2D eigenvalue weighted by Gasteiger charge is -2.09. The Balaban J connectivity index is 1.88. The molecule has 0 aliphatic rings. The summed E-state index contributed by atoms with van der Waals surface area (Å²) in [5.74, 6) is -0.586. The van der Waals surface area contributed by atoms with E-state index in [0.717, 1.165) is 0 Å². The number of aromatic amines is 1. The van der Waals surface area contributed by atoms with Gasteiger partial charge in [0.15, 0.2) is 5.15 Å². The number of nitrogens with zero attached hydrogens (tertiary/aromatic N) is 1. The monoisotopic (exact) mass is 365 g/mol. The van der Waals surface area contributed by atoms with Crippen molar-refractivity contribution in [3.63, 3.8) is 0 Å². The number of nitrogens with one attached hydrogen (secondary N) is 2. The molecule has 2 aromatic carbocycles. The largest absolute Gasteiger partial charge is 0.435 e. The van der Waals surface area contributed by atoms with E-state index in [0.29, 0.717) is 10.8 Å². The lowest BCUT2D eigenvalue weighted by atomic mass is 10.1. The number of carbonyl (C=O) groups is 1. The fourth-order valence-electron chi connectivity index (χ4n) is 2.23. The molecule has 2 N–H and O–H groups in total. The third-order valence-corrected chi connectivity index (χ3v) is 3.61. The summed E-state index contributed by atoms with van der Waals surface area (Å²) in [6, 6.07) is 9.93. The van der Waals surface area contributed by atoms with E-state index in [4.69, 9.17) is 11.6 Å². The van der Waals surface area contributed by atoms with Crippen molar-refractivity contribution < 1.29 is 18.3 Å². The summed E-state index contributed by atoms with van der Waals surface area (Å²) in [5, 5.41) is 9.11. The zero-order valence-electron chi connectivity index (χ0n) is 12.4. The molecule has 0 bridgehead atoms. The number of hydrogen-bond acceptors (Lipinski definition) is 4. The lowest BCUT2D eigenvalue weighted by molar-refractivity contribution is -0.0497. The van der Waals surface area contributed by atoms with E-state index in [2.05, 4.69) is 20.3 Å². The number of fused-ring (bicyclic) bond motifs is 1. The molecular weight excluding hydrogens is 356 g/mol. The normalized spacial score (nSPS) is 10.9. The van der Waals surface area contributed by atoms with Crippen LogP contribution in [0.1, 0.15) is 10.4 Å². The molecule has 0 aliphatic carbocycles. The van der Waals surface area contributed by atoms with Gasteiger partial charge < -0.3 is 10.1 Å². The van der Waals surface area contributed by atoms with Crippen molar-refractivity contribution in [2.45, 2.75) is 6.61 Å². The van der Waals surface area contributed by atoms with Crippen LogP contribution >= 0.6 is 11.6 Å². The predicted molar refractivity (Wildman–Crippen MR) is 88.4 cm³/mol. The maximum absolute atomic E-state index is 12.3. The van der Waals surface area contributed by atoms with Crippen molar-refractivity contribution in [3.8, 4) is 5.75 Å². The van der Waals surface area contributed by atoms with Crippen LogP contribution in [0.5, 0.6) is 5.75 Å². The molecule has 6 nitrogen and oxygen atoms in total. The Labute approximate surface area is 144 Å². The highest BCUT2D eigenvalue weighted by Crippen LogP contribution is 2.22. The van der Waals surface area contributed by atoms with Crippen molar-refractivity contribution in [3.05, 3.63) is 63.5 Å². The van der Waals surface area contributed by atoms with Crippen LogP contribution < -0.4 is 15.6 Å². The van der Waals surface area contributed by atoms with E-state index >= 15 is 0 Å². The Morgan fingerprint density at radius 3 is 2.76 bits per heavy atom. The van der Waals surface area contributed by atoms with Gasteiger partial charge in [-0.15, -0.1) is 0 Å². The van der Waals surface area contributed by atoms with Gasteiger partial charge >= 0.3 is 6.61 Å². The highest BCUT2D eigenvalue weighted by atomic mass is 35.5. The number of anilines is 1. The van der Waals surface area contributed by atoms with E-state index < -0.39 is 18.1 Å². The molecule has 3 rings (SSSR count). The van der Waals surface area contributed by atoms with Gasteiger partial charge in [-0.25, -0.2) is 5.10 Å². The summed E-state index contributed by atoms with van der Waals surface area (Å²) >= 11 is 5.93. The molecule has 0 saturated carbocycles. The topological polar surface area (TPSA) is 84.1 Å². The van der Waals surface area contributed by atoms with Crippen LogP contribution in [0.15, 0.2) is 47.3 Å². The molecule has 25 heavy (non-hydrogen) atoms. The molecule has 0 radical (unpaired) electrons. The Hall–Kier alpha value is -3.00. The number of aromatic nitrogens is 2. The molecule has 0 spiro atoms. The minimum Gasteiger partial charge on any atom is -0.435 e. The lowest BCUT2D eigenvalue weighted by Crippen LogP contribution is -2.13. The van der Waals surface area contributed by atoms with Crippen LogP contribution in [-0.4, -0.2) is 22.7 Å². The van der Waals surface area contributed by atoms with Crippen LogP contribution in [0.25, 0.3) is 10.8 Å². The minimum absolute atomic E-state index is 0.0524. The minimum atomic E-state index is -2.96. The molecule has 1 aromatic heterocycles. The Bertz CT molecular complexity index is 1010. The molecule has 9 heteroatoms. The molecule has 0 fully saturated rings. The first-order valence-electron chi connectivity index (χ1n) is 6.98. The average molecular weight is 366 g/mol. The number of H-pyrrole nitrogens is 1. The Morgan fingerprint density at radius 2 is 2.00 bits per heavy atom. The number of alkyl halides is 2. The fourth-order valence-corrected chi connectivity index (χ4v) is 2.43. The van der Waals surface area contributed by atoms with Gasteiger partial charge in [-0.05, 0) is 30.3 Å². The van der Waals surface area contributed by atoms with Crippen LogP contribution in [0.2, 0.25) is 5.15 Å². The summed E-state index contributed by atoms with van der Waals surface area (Å²) in [5.41, 5.74) is 0.0727. The first kappa shape index (κ1) is 16.8. The van der Waals surface area contributed by atoms with Gasteiger partial charge in [-0.2, -0.15) is 13.9 Å². The average Bonchev–Trinajstić information content (AvgIpc) is 2.57. The third kappa shape index (κ3) is 3.74. The van der Waals surface area contributed by atoms with Crippen molar-refractivity contribution in [1.82, 2.24) is 10.2 Å². The smallest absolute Gasteiger partial charge is 0.387 e. The second-order valence-corrected chi connectivity index (χ2v) is 5.32. The van der Waals surface area contributed by atoms with Crippen molar-refractivity contribution in [2.75, 3.05) is 5.32 Å². The summed E-state index contributed by atoms with van der Waals surface area (Å²) in [4.78, 5) is 24.0. The quantitative estimate of drug-likeness (QED) is 0.742. The molecular formula is C16H10ClF2N3O3. The van der Waals surface area contributed by atoms with E-state index in [1.807, 2.05) is 0 Å². The number of amides is 1. The van der Waals surface area contributed by atoms with Gasteiger partial charge in [0.05, 0.1) is 5.39 Å². The van der Waals surface area contributed by atoms with Gasteiger partial charge in [0.25, 0.3) is 11.5 Å². The number of benzene rings is 2. The van der Waals surface area contributed by atoms with E-state index in [1.54, 1.807) is 0 Å². The first-order valence-corrected chi connectivity index (χ1v) is 7.36. The highest BCUT2D eigenvalue weighted by Gasteiger charge is 2.12. The van der Waals surface area contributed by atoms with Crippen LogP contribution in [-0.2, 0) is 0 Å². The first-order chi connectivity index (χ1) is 11.9. The second-order valence-electron chi connectivity index (χ2n) is 4.96. The molecule has 0 atom stereocenters. The molecule has 0 aliphatic heterocycles. The Kier molecular flexibility index (Phi) is 4.62. The Morgan fingerprint density at radius 1 is 1.20 bits per heavy atom. The van der Waals surface area contributed by atoms with E-state index in [-0.39, 0.29) is 22.2 Å². The van der Waals surface area contributed by atoms with Gasteiger partial charge in [0.1, 0.15) is 5.75 Å². The van der Waals surface area contributed by atoms with Crippen LogP contribution in [0.4, 0.5) is 14.5 Å². The summed E-state index contributed by atoms with van der Waals surface area (Å²) in [7, 11) is 0. The fraction of sp³-hybridized carbons (Fsp3) is 0.0625.